The van der Waals surface area contributed by atoms with Crippen LogP contribution in [0.3, 0.4) is 0 Å². The van der Waals surface area contributed by atoms with Crippen LogP contribution in [0.15, 0.2) is 35.3 Å². The highest BCUT2D eigenvalue weighted by Gasteiger charge is 2.39. The van der Waals surface area contributed by atoms with Gasteiger partial charge in [0, 0.05) is 38.7 Å². The third kappa shape index (κ3) is 5.83. The molecule has 0 amide bonds. The lowest BCUT2D eigenvalue weighted by molar-refractivity contribution is -0.0721. The van der Waals surface area contributed by atoms with Crippen molar-refractivity contribution in [3.8, 4) is 0 Å². The molecule has 2 saturated heterocycles. The largest absolute Gasteiger partial charge is 0.376 e. The Bertz CT molecular complexity index is 613. The molecular weight excluding hydrogens is 465 g/mol. The Hall–Kier alpha value is -0.860. The minimum Gasteiger partial charge on any atom is -0.376 e. The Morgan fingerprint density at radius 3 is 2.64 bits per heavy atom. The lowest BCUT2D eigenvalue weighted by atomic mass is 10.1. The van der Waals surface area contributed by atoms with Crippen molar-refractivity contribution in [1.82, 2.24) is 10.2 Å². The number of rotatable bonds is 5. The van der Waals surface area contributed by atoms with Crippen LogP contribution in [-0.4, -0.2) is 62.5 Å². The summed E-state index contributed by atoms with van der Waals surface area (Å²) in [6, 6.07) is 11.3. The van der Waals surface area contributed by atoms with Crippen LogP contribution in [0, 0.1) is 0 Å². The first-order chi connectivity index (χ1) is 13.3. The number of guanidine groups is 1. The predicted octanol–water partition coefficient (Wildman–Crippen LogP) is 3.79. The van der Waals surface area contributed by atoms with Gasteiger partial charge in [0.2, 0.25) is 0 Å². The first-order valence-corrected chi connectivity index (χ1v) is 10.6. The van der Waals surface area contributed by atoms with Gasteiger partial charge in [-0.25, -0.2) is 0 Å². The third-order valence-corrected chi connectivity index (χ3v) is 6.08. The van der Waals surface area contributed by atoms with E-state index in [4.69, 9.17) is 9.47 Å². The molecule has 0 aromatic heterocycles. The smallest absolute Gasteiger partial charge is 0.193 e. The lowest BCUT2D eigenvalue weighted by Crippen LogP contribution is -2.48. The highest BCUT2D eigenvalue weighted by molar-refractivity contribution is 14.0. The van der Waals surface area contributed by atoms with Gasteiger partial charge in [-0.2, -0.15) is 0 Å². The summed E-state index contributed by atoms with van der Waals surface area (Å²) in [6.07, 6.45) is 7.65. The molecule has 2 aliphatic heterocycles. The molecule has 6 heteroatoms. The Balaban J connectivity index is 0.00000225. The van der Waals surface area contributed by atoms with E-state index in [1.807, 2.05) is 7.05 Å². The minimum atomic E-state index is 0. The predicted molar refractivity (Wildman–Crippen MR) is 124 cm³/mol. The SMILES string of the molecule is CN=C(NC1CC1c1ccccc1)N1CCC(OCC2CCCCO2)CC1.I. The van der Waals surface area contributed by atoms with Crippen LogP contribution in [0.2, 0.25) is 0 Å². The van der Waals surface area contributed by atoms with E-state index in [-0.39, 0.29) is 24.0 Å². The molecule has 1 N–H and O–H groups in total. The number of likely N-dealkylation sites (tertiary alicyclic amines) is 1. The molecule has 3 aliphatic rings. The number of hydrogen-bond donors (Lipinski definition) is 1. The Kier molecular flexibility index (Phi) is 8.41. The molecule has 0 bridgehead atoms. The summed E-state index contributed by atoms with van der Waals surface area (Å²) in [5.41, 5.74) is 1.43. The quantitative estimate of drug-likeness (QED) is 0.381. The topological polar surface area (TPSA) is 46.1 Å². The number of ether oxygens (including phenoxy) is 2. The molecule has 3 fully saturated rings. The molecule has 156 valence electrons. The Morgan fingerprint density at radius 2 is 1.96 bits per heavy atom. The standard InChI is InChI=1S/C22H33N3O2.HI/c1-23-22(24-21-15-20(21)17-7-3-2-4-8-17)25-12-10-18(11-13-25)27-16-19-9-5-6-14-26-19;/h2-4,7-8,18-21H,5-6,9-16H2,1H3,(H,23,24);1H. The third-order valence-electron chi connectivity index (χ3n) is 6.08. The van der Waals surface area contributed by atoms with Crippen molar-refractivity contribution in [1.29, 1.82) is 0 Å². The van der Waals surface area contributed by atoms with Crippen LogP contribution < -0.4 is 5.32 Å². The molecular formula is C22H34IN3O2. The van der Waals surface area contributed by atoms with Gasteiger partial charge in [0.1, 0.15) is 0 Å². The van der Waals surface area contributed by atoms with Gasteiger partial charge in [-0.05, 0) is 44.1 Å². The van der Waals surface area contributed by atoms with Crippen LogP contribution in [0.25, 0.3) is 0 Å². The van der Waals surface area contributed by atoms with Gasteiger partial charge in [0.15, 0.2) is 5.96 Å². The fourth-order valence-corrected chi connectivity index (χ4v) is 4.30. The minimum absolute atomic E-state index is 0. The first-order valence-electron chi connectivity index (χ1n) is 10.6. The molecule has 1 aliphatic carbocycles. The van der Waals surface area contributed by atoms with Gasteiger partial charge in [-0.1, -0.05) is 30.3 Å². The summed E-state index contributed by atoms with van der Waals surface area (Å²) in [6.45, 7) is 3.69. The van der Waals surface area contributed by atoms with Crippen molar-refractivity contribution in [2.75, 3.05) is 33.4 Å². The van der Waals surface area contributed by atoms with Crippen LogP contribution in [-0.2, 0) is 9.47 Å². The van der Waals surface area contributed by atoms with E-state index in [9.17, 15) is 0 Å². The summed E-state index contributed by atoms with van der Waals surface area (Å²) in [7, 11) is 1.89. The second-order valence-corrected chi connectivity index (χ2v) is 8.06. The zero-order chi connectivity index (χ0) is 18.5. The van der Waals surface area contributed by atoms with Crippen LogP contribution in [0.4, 0.5) is 0 Å². The van der Waals surface area contributed by atoms with Crippen molar-refractivity contribution in [3.05, 3.63) is 35.9 Å². The van der Waals surface area contributed by atoms with E-state index < -0.39 is 0 Å². The highest BCUT2D eigenvalue weighted by Crippen LogP contribution is 2.40. The van der Waals surface area contributed by atoms with Crippen molar-refractivity contribution in [3.63, 3.8) is 0 Å². The van der Waals surface area contributed by atoms with E-state index in [0.717, 1.165) is 51.5 Å². The normalized spacial score (nSPS) is 28.5. The molecule has 2 heterocycles. The Labute approximate surface area is 186 Å². The molecule has 3 atom stereocenters. The van der Waals surface area contributed by atoms with Crippen molar-refractivity contribution >= 4 is 29.9 Å². The van der Waals surface area contributed by atoms with E-state index >= 15 is 0 Å². The molecule has 5 nitrogen and oxygen atoms in total. The van der Waals surface area contributed by atoms with Gasteiger partial charge in [-0.3, -0.25) is 4.99 Å². The molecule has 0 spiro atoms. The zero-order valence-electron chi connectivity index (χ0n) is 16.9. The summed E-state index contributed by atoms with van der Waals surface area (Å²) < 4.78 is 11.9. The van der Waals surface area contributed by atoms with Gasteiger partial charge in [0.05, 0.1) is 18.8 Å². The van der Waals surface area contributed by atoms with Gasteiger partial charge >= 0.3 is 0 Å². The average molecular weight is 499 g/mol. The number of nitrogens with zero attached hydrogens (tertiary/aromatic N) is 2. The van der Waals surface area contributed by atoms with Gasteiger partial charge < -0.3 is 19.7 Å². The molecule has 1 saturated carbocycles. The van der Waals surface area contributed by atoms with Crippen LogP contribution in [0.1, 0.15) is 50.0 Å². The monoisotopic (exact) mass is 499 g/mol. The zero-order valence-corrected chi connectivity index (χ0v) is 19.2. The number of hydrogen-bond acceptors (Lipinski definition) is 3. The molecule has 28 heavy (non-hydrogen) atoms. The summed E-state index contributed by atoms with van der Waals surface area (Å²) in [5.74, 6) is 1.67. The van der Waals surface area contributed by atoms with Gasteiger partial charge in [0.25, 0.3) is 0 Å². The fraction of sp³-hybridized carbons (Fsp3) is 0.682. The number of nitrogens with one attached hydrogen (secondary N) is 1. The second kappa shape index (κ2) is 10.8. The van der Waals surface area contributed by atoms with Crippen LogP contribution in [0.5, 0.6) is 0 Å². The Morgan fingerprint density at radius 1 is 1.18 bits per heavy atom. The summed E-state index contributed by atoms with van der Waals surface area (Å²) >= 11 is 0. The molecule has 0 radical (unpaired) electrons. The van der Waals surface area contributed by atoms with Crippen LogP contribution >= 0.6 is 24.0 Å². The van der Waals surface area contributed by atoms with E-state index in [1.165, 1.54) is 24.8 Å². The fourth-order valence-electron chi connectivity index (χ4n) is 4.30. The highest BCUT2D eigenvalue weighted by atomic mass is 127. The summed E-state index contributed by atoms with van der Waals surface area (Å²) in [4.78, 5) is 6.92. The van der Waals surface area contributed by atoms with Crippen molar-refractivity contribution in [2.45, 2.75) is 62.7 Å². The lowest BCUT2D eigenvalue weighted by Gasteiger charge is -2.35. The molecule has 1 aromatic rings. The second-order valence-electron chi connectivity index (χ2n) is 8.06. The molecule has 4 rings (SSSR count). The maximum absolute atomic E-state index is 6.14. The molecule has 3 unspecified atom stereocenters. The number of piperidine rings is 1. The average Bonchev–Trinajstić information content (AvgIpc) is 3.52. The van der Waals surface area contributed by atoms with E-state index in [2.05, 4.69) is 45.5 Å². The van der Waals surface area contributed by atoms with Crippen molar-refractivity contribution in [2.24, 2.45) is 4.99 Å². The van der Waals surface area contributed by atoms with E-state index in [0.29, 0.717) is 24.2 Å². The van der Waals surface area contributed by atoms with Gasteiger partial charge in [-0.15, -0.1) is 24.0 Å². The first kappa shape index (κ1) is 21.8. The maximum atomic E-state index is 6.14. The van der Waals surface area contributed by atoms with E-state index in [1.54, 1.807) is 0 Å². The number of aliphatic imine (C=N–C) groups is 1. The summed E-state index contributed by atoms with van der Waals surface area (Å²) in [5, 5.41) is 3.67. The number of halogens is 1. The maximum Gasteiger partial charge on any atom is 0.193 e. The number of benzene rings is 1. The molecule has 1 aromatic carbocycles. The van der Waals surface area contributed by atoms with Crippen molar-refractivity contribution < 1.29 is 9.47 Å².